The molecule has 0 aromatic carbocycles. The van der Waals surface area contributed by atoms with Crippen molar-refractivity contribution in [2.24, 2.45) is 11.8 Å². The second-order valence-corrected chi connectivity index (χ2v) is 8.32. The molecule has 0 saturated carbocycles. The zero-order valence-electron chi connectivity index (χ0n) is 17.0. The summed E-state index contributed by atoms with van der Waals surface area (Å²) in [5.74, 6) is 0.909. The lowest BCUT2D eigenvalue weighted by atomic mass is 9.72. The van der Waals surface area contributed by atoms with Gasteiger partial charge in [0.2, 0.25) is 17.7 Å². The normalized spacial score (nSPS) is 28.6. The third kappa shape index (κ3) is 3.80. The highest BCUT2D eigenvalue weighted by Crippen LogP contribution is 2.41. The van der Waals surface area contributed by atoms with Crippen molar-refractivity contribution < 1.29 is 19.1 Å². The molecule has 29 heavy (non-hydrogen) atoms. The van der Waals surface area contributed by atoms with Crippen LogP contribution in [0.4, 0.5) is 0 Å². The minimum atomic E-state index is -0.0965. The Labute approximate surface area is 170 Å². The predicted molar refractivity (Wildman–Crippen MR) is 105 cm³/mol. The molecule has 3 fully saturated rings. The number of nitrogens with one attached hydrogen (secondary N) is 1. The number of pyridine rings is 1. The van der Waals surface area contributed by atoms with Crippen molar-refractivity contribution in [3.05, 3.63) is 23.9 Å². The summed E-state index contributed by atoms with van der Waals surface area (Å²) < 4.78 is 5.15. The first kappa shape index (κ1) is 19.7. The minimum Gasteiger partial charge on any atom is -0.481 e. The Morgan fingerprint density at radius 3 is 2.86 bits per heavy atom. The molecule has 1 N–H and O–H groups in total. The van der Waals surface area contributed by atoms with E-state index < -0.39 is 0 Å². The standard InChI is InChI=1S/C21H28N4O4/c1-13(26)23-10-18-16-8-15(17-4-3-5-20(27)25(17)18)11-24(12-16)21(28)14-6-7-22-19(9-14)29-2/h6-7,9,15-18H,3-5,8,10-12H2,1-2H3,(H,23,26)/t15-,16+,17+,18+/m1/s1. The third-order valence-electron chi connectivity index (χ3n) is 6.54. The number of fused-ring (bicyclic) bond motifs is 4. The Balaban J connectivity index is 1.58. The van der Waals surface area contributed by atoms with E-state index in [0.717, 1.165) is 19.3 Å². The Hall–Kier alpha value is -2.64. The SMILES string of the molecule is COc1cc(C(=O)N2C[C@H]3C[C@@H](C2)[C@H](CNC(C)=O)N2C(=O)CCC[C@@H]32)ccn1. The lowest BCUT2D eigenvalue weighted by molar-refractivity contribution is -0.151. The highest BCUT2D eigenvalue weighted by atomic mass is 16.5. The topological polar surface area (TPSA) is 91.8 Å². The van der Waals surface area contributed by atoms with E-state index in [4.69, 9.17) is 4.74 Å². The van der Waals surface area contributed by atoms with Gasteiger partial charge in [-0.25, -0.2) is 4.98 Å². The summed E-state index contributed by atoms with van der Waals surface area (Å²) >= 11 is 0. The summed E-state index contributed by atoms with van der Waals surface area (Å²) in [6, 6.07) is 3.46. The Kier molecular flexibility index (Phi) is 5.43. The monoisotopic (exact) mass is 400 g/mol. The average molecular weight is 400 g/mol. The van der Waals surface area contributed by atoms with Crippen molar-refractivity contribution in [3.63, 3.8) is 0 Å². The van der Waals surface area contributed by atoms with Crippen molar-refractivity contribution in [2.45, 2.75) is 44.7 Å². The number of carbonyl (C=O) groups is 3. The van der Waals surface area contributed by atoms with Crippen molar-refractivity contribution in [1.82, 2.24) is 20.1 Å². The summed E-state index contributed by atoms with van der Waals surface area (Å²) in [6.07, 6.45) is 5.00. The van der Waals surface area contributed by atoms with Crippen LogP contribution in [0.15, 0.2) is 18.3 Å². The first-order valence-electron chi connectivity index (χ1n) is 10.3. The molecule has 3 amide bonds. The van der Waals surface area contributed by atoms with E-state index in [2.05, 4.69) is 10.3 Å². The first-order valence-corrected chi connectivity index (χ1v) is 10.3. The molecule has 2 bridgehead atoms. The number of piperidine rings is 3. The predicted octanol–water partition coefficient (Wildman–Crippen LogP) is 1.07. The summed E-state index contributed by atoms with van der Waals surface area (Å²) in [5.41, 5.74) is 0.562. The summed E-state index contributed by atoms with van der Waals surface area (Å²) in [5, 5.41) is 2.90. The molecule has 8 heteroatoms. The van der Waals surface area contributed by atoms with Crippen molar-refractivity contribution in [1.29, 1.82) is 0 Å². The smallest absolute Gasteiger partial charge is 0.254 e. The van der Waals surface area contributed by atoms with Crippen molar-refractivity contribution in [2.75, 3.05) is 26.7 Å². The molecule has 0 unspecified atom stereocenters. The van der Waals surface area contributed by atoms with Gasteiger partial charge in [-0.3, -0.25) is 14.4 Å². The Morgan fingerprint density at radius 2 is 2.10 bits per heavy atom. The van der Waals surface area contributed by atoms with Crippen LogP contribution >= 0.6 is 0 Å². The van der Waals surface area contributed by atoms with Gasteiger partial charge in [-0.1, -0.05) is 0 Å². The lowest BCUT2D eigenvalue weighted by Crippen LogP contribution is -2.67. The molecule has 1 aromatic heterocycles. The highest BCUT2D eigenvalue weighted by molar-refractivity contribution is 5.94. The van der Waals surface area contributed by atoms with Gasteiger partial charge in [-0.15, -0.1) is 0 Å². The fourth-order valence-electron chi connectivity index (χ4n) is 5.29. The van der Waals surface area contributed by atoms with Gasteiger partial charge in [0.05, 0.1) is 13.2 Å². The van der Waals surface area contributed by atoms with Crippen LogP contribution in [-0.2, 0) is 9.59 Å². The van der Waals surface area contributed by atoms with Gasteiger partial charge in [0.1, 0.15) is 0 Å². The number of ether oxygens (including phenoxy) is 1. The van der Waals surface area contributed by atoms with Crippen LogP contribution in [0.3, 0.4) is 0 Å². The number of methoxy groups -OCH3 is 1. The van der Waals surface area contributed by atoms with Gasteiger partial charge in [0.15, 0.2) is 0 Å². The molecule has 0 radical (unpaired) electrons. The van der Waals surface area contributed by atoms with Gasteiger partial charge >= 0.3 is 0 Å². The first-order chi connectivity index (χ1) is 14.0. The molecule has 4 atom stereocenters. The van der Waals surface area contributed by atoms with E-state index in [-0.39, 0.29) is 41.6 Å². The van der Waals surface area contributed by atoms with Crippen LogP contribution in [0.1, 0.15) is 43.0 Å². The lowest BCUT2D eigenvalue weighted by Gasteiger charge is -2.56. The zero-order valence-corrected chi connectivity index (χ0v) is 17.0. The maximum atomic E-state index is 13.2. The molecule has 0 aliphatic carbocycles. The quantitative estimate of drug-likeness (QED) is 0.816. The van der Waals surface area contributed by atoms with Crippen LogP contribution in [0.25, 0.3) is 0 Å². The summed E-state index contributed by atoms with van der Waals surface area (Å²) in [6.45, 7) is 3.18. The Morgan fingerprint density at radius 1 is 1.31 bits per heavy atom. The van der Waals surface area contributed by atoms with E-state index >= 15 is 0 Å². The van der Waals surface area contributed by atoms with Crippen LogP contribution < -0.4 is 10.1 Å². The van der Waals surface area contributed by atoms with Crippen molar-refractivity contribution in [3.8, 4) is 5.88 Å². The van der Waals surface area contributed by atoms with Gasteiger partial charge in [0, 0.05) is 56.8 Å². The number of likely N-dealkylation sites (tertiary alicyclic amines) is 1. The fraction of sp³-hybridized carbons (Fsp3) is 0.619. The minimum absolute atomic E-state index is 0.0331. The third-order valence-corrected chi connectivity index (χ3v) is 6.54. The number of nitrogens with zero attached hydrogens (tertiary/aromatic N) is 3. The van der Waals surface area contributed by atoms with E-state index in [0.29, 0.717) is 37.5 Å². The number of hydrogen-bond acceptors (Lipinski definition) is 5. The largest absolute Gasteiger partial charge is 0.481 e. The number of rotatable bonds is 4. The molecule has 0 spiro atoms. The van der Waals surface area contributed by atoms with Gasteiger partial charge in [-0.2, -0.15) is 0 Å². The molecule has 8 nitrogen and oxygen atoms in total. The molecular formula is C21H28N4O4. The molecule has 3 saturated heterocycles. The highest BCUT2D eigenvalue weighted by Gasteiger charge is 2.50. The number of carbonyl (C=O) groups excluding carboxylic acids is 3. The number of amides is 3. The molecule has 156 valence electrons. The van der Waals surface area contributed by atoms with E-state index in [1.165, 1.54) is 14.0 Å². The Bertz CT molecular complexity index is 814. The van der Waals surface area contributed by atoms with Crippen LogP contribution in [-0.4, -0.2) is 71.3 Å². The maximum absolute atomic E-state index is 13.2. The van der Waals surface area contributed by atoms with Gasteiger partial charge in [0.25, 0.3) is 5.91 Å². The second-order valence-electron chi connectivity index (χ2n) is 8.32. The summed E-state index contributed by atoms with van der Waals surface area (Å²) in [7, 11) is 1.53. The van der Waals surface area contributed by atoms with Gasteiger partial charge in [-0.05, 0) is 37.2 Å². The molecule has 3 aliphatic rings. The molecular weight excluding hydrogens is 372 g/mol. The maximum Gasteiger partial charge on any atom is 0.254 e. The fourth-order valence-corrected chi connectivity index (χ4v) is 5.29. The molecule has 3 aliphatic heterocycles. The molecule has 1 aromatic rings. The van der Waals surface area contributed by atoms with E-state index in [9.17, 15) is 14.4 Å². The average Bonchev–Trinajstić information content (AvgIpc) is 2.73. The van der Waals surface area contributed by atoms with E-state index in [1.54, 1.807) is 18.3 Å². The number of aromatic nitrogens is 1. The summed E-state index contributed by atoms with van der Waals surface area (Å²) in [4.78, 5) is 45.5. The molecule has 4 heterocycles. The second kappa shape index (κ2) is 8.00. The van der Waals surface area contributed by atoms with Crippen LogP contribution in [0.5, 0.6) is 5.88 Å². The van der Waals surface area contributed by atoms with Gasteiger partial charge < -0.3 is 19.9 Å². The van der Waals surface area contributed by atoms with E-state index in [1.807, 2.05) is 9.80 Å². The number of hydrogen-bond donors (Lipinski definition) is 1. The van der Waals surface area contributed by atoms with Crippen molar-refractivity contribution >= 4 is 17.7 Å². The molecule has 4 rings (SSSR count). The van der Waals surface area contributed by atoms with Crippen LogP contribution in [0, 0.1) is 11.8 Å². The zero-order chi connectivity index (χ0) is 20.5. The van der Waals surface area contributed by atoms with Crippen LogP contribution in [0.2, 0.25) is 0 Å².